The van der Waals surface area contributed by atoms with Gasteiger partial charge in [0.2, 0.25) is 0 Å². The minimum absolute atomic E-state index is 0.00419. The Morgan fingerprint density at radius 1 is 0.318 bits per heavy atom. The summed E-state index contributed by atoms with van der Waals surface area (Å²) in [6.45, 7) is 9.84. The molecule has 0 saturated heterocycles. The van der Waals surface area contributed by atoms with Gasteiger partial charge in [-0.25, -0.2) is 80.4 Å². The van der Waals surface area contributed by atoms with Gasteiger partial charge in [0.25, 0.3) is 0 Å². The molecule has 85 heavy (non-hydrogen) atoms. The molecule has 8 bridgehead atoms. The molecule has 0 unspecified atom stereocenters. The molecule has 0 amide bonds. The number of H-pyrrole nitrogens is 2. The van der Waals surface area contributed by atoms with Gasteiger partial charge in [-0.05, 0) is 110 Å². The van der Waals surface area contributed by atoms with Crippen molar-refractivity contribution in [2.75, 3.05) is 53.5 Å². The van der Waals surface area contributed by atoms with Crippen molar-refractivity contribution in [3.05, 3.63) is 78.9 Å². The molecule has 2 aliphatic rings. The Morgan fingerprint density at radius 3 is 0.859 bits per heavy atom. The van der Waals surface area contributed by atoms with Gasteiger partial charge in [0, 0.05) is 63.6 Å². The third-order valence-electron chi connectivity index (χ3n) is 14.6. The molecule has 2 N–H and O–H groups in total. The van der Waals surface area contributed by atoms with E-state index in [1.165, 1.54) is 36.4 Å². The molecule has 0 atom stereocenters. The smallest absolute Gasteiger partial charge is 0.179 e. The lowest BCUT2D eigenvalue weighted by atomic mass is 10.0. The molecule has 21 nitrogen and oxygen atoms in total. The second-order valence-electron chi connectivity index (χ2n) is 21.3. The van der Waals surface area contributed by atoms with E-state index in [1.54, 1.807) is 47.6 Å². The van der Waals surface area contributed by atoms with Crippen LogP contribution in [0.2, 0.25) is 0 Å². The first-order valence-corrected chi connectivity index (χ1v) is 37.7. The Bertz CT molecular complexity index is 4990. The lowest BCUT2D eigenvalue weighted by Crippen LogP contribution is -2.15. The standard InChI is InChI=1S/C58H63N9O12S6/c1-9-21-80(68,69)45-28-39-40(29-46(45)81(70,71)22-10-2)55-62-53(39)60-51-37-20-17-35(34-15-18-36(19-16-34)67(7)8)27-38(37)52(59-51)61-54-41-30-47(82(72,73)23-11-3)48(83(74,75)24-12-4)31-42(41)56(63-54)65-58-44-33-50(85(78,79)26-14-6)49(84(76,77)25-13-5)32-43(44)57(64-55)66-58/h15-20,27-33H,9-14,21-26H2,1-8H3,(H2,59,60,61,62,63,64,65,66). The first-order valence-electron chi connectivity index (χ1n) is 27.8. The summed E-state index contributed by atoms with van der Waals surface area (Å²) in [5.41, 5.74) is 2.61. The molecule has 5 aromatic carbocycles. The highest BCUT2D eigenvalue weighted by atomic mass is 32.2. The number of benzene rings is 5. The van der Waals surface area contributed by atoms with Crippen LogP contribution in [0.25, 0.3) is 101 Å². The quantitative estimate of drug-likeness (QED) is 0.0717. The Labute approximate surface area is 494 Å². The number of sulfone groups is 6. The number of aromatic amines is 2. The third-order valence-corrected chi connectivity index (χ3v) is 26.7. The summed E-state index contributed by atoms with van der Waals surface area (Å²) in [4.78, 5) is 35.3. The first-order chi connectivity index (χ1) is 40.1. The minimum Gasteiger partial charge on any atom is -0.378 e. The van der Waals surface area contributed by atoms with Crippen molar-refractivity contribution in [1.29, 1.82) is 0 Å². The highest BCUT2D eigenvalue weighted by Gasteiger charge is 2.35. The fraction of sp³-hybridized carbons (Fsp3) is 0.345. The van der Waals surface area contributed by atoms with E-state index in [0.29, 0.717) is 10.8 Å². The highest BCUT2D eigenvalue weighted by Crippen LogP contribution is 2.44. The first kappa shape index (κ1) is 61.1. The maximum absolute atomic E-state index is 14.3. The van der Waals surface area contributed by atoms with E-state index in [0.717, 1.165) is 16.8 Å². The third kappa shape index (κ3) is 11.3. The van der Waals surface area contributed by atoms with Gasteiger partial charge in [0.05, 0.1) is 63.9 Å². The van der Waals surface area contributed by atoms with E-state index in [1.807, 2.05) is 55.4 Å². The summed E-state index contributed by atoms with van der Waals surface area (Å²) in [5, 5.41) is 0.911. The fourth-order valence-corrected chi connectivity index (χ4v) is 21.5. The molecule has 0 spiro atoms. The van der Waals surface area contributed by atoms with Crippen LogP contribution >= 0.6 is 0 Å². The van der Waals surface area contributed by atoms with Crippen molar-refractivity contribution in [2.45, 2.75) is 109 Å². The van der Waals surface area contributed by atoms with E-state index in [9.17, 15) is 50.5 Å². The lowest BCUT2D eigenvalue weighted by molar-refractivity contribution is 0.581. The Balaban J connectivity index is 1.45. The van der Waals surface area contributed by atoms with Gasteiger partial charge < -0.3 is 14.9 Å². The second-order valence-corrected chi connectivity index (χ2v) is 33.7. The average molecular weight is 1270 g/mol. The van der Waals surface area contributed by atoms with Gasteiger partial charge in [0.15, 0.2) is 82.3 Å². The van der Waals surface area contributed by atoms with Crippen LogP contribution in [0.1, 0.15) is 80.1 Å². The van der Waals surface area contributed by atoms with Crippen LogP contribution in [0.5, 0.6) is 0 Å². The molecule has 0 aliphatic carbocycles. The molecule has 0 fully saturated rings. The lowest BCUT2D eigenvalue weighted by Gasteiger charge is -2.13. The molecule has 10 rings (SSSR count). The zero-order valence-electron chi connectivity index (χ0n) is 48.0. The van der Waals surface area contributed by atoms with Crippen LogP contribution in [0.15, 0.2) is 108 Å². The molecule has 5 heterocycles. The molecule has 27 heteroatoms. The van der Waals surface area contributed by atoms with Crippen LogP contribution in [0.4, 0.5) is 5.69 Å². The van der Waals surface area contributed by atoms with E-state index < -0.39 is 123 Å². The molecule has 3 aromatic heterocycles. The number of nitrogens with one attached hydrogen (secondary N) is 2. The normalized spacial score (nSPS) is 13.1. The Kier molecular flexibility index (Phi) is 16.3. The second kappa shape index (κ2) is 22.7. The predicted molar refractivity (Wildman–Crippen MR) is 330 cm³/mol. The molecule has 0 radical (unpaired) electrons. The van der Waals surface area contributed by atoms with Gasteiger partial charge >= 0.3 is 0 Å². The number of fused-ring (bicyclic) bond motifs is 20. The number of rotatable bonds is 20. The van der Waals surface area contributed by atoms with E-state index in [4.69, 9.17) is 29.9 Å². The summed E-state index contributed by atoms with van der Waals surface area (Å²) in [6.07, 6.45) is 0.838. The maximum Gasteiger partial charge on any atom is 0.179 e. The summed E-state index contributed by atoms with van der Waals surface area (Å²) in [5.74, 6) is -3.17. The zero-order chi connectivity index (χ0) is 61.3. The molecule has 2 aliphatic heterocycles. The number of nitrogens with zero attached hydrogens (tertiary/aromatic N) is 7. The molecule has 0 saturated carbocycles. The molecule has 8 aromatic rings. The van der Waals surface area contributed by atoms with Gasteiger partial charge in [-0.2, -0.15) is 0 Å². The molecule has 448 valence electrons. The Morgan fingerprint density at radius 2 is 0.576 bits per heavy atom. The molecular weight excluding hydrogens is 1210 g/mol. The number of anilines is 1. The van der Waals surface area contributed by atoms with Crippen LogP contribution in [-0.4, -0.2) is 139 Å². The van der Waals surface area contributed by atoms with Gasteiger partial charge in [-0.1, -0.05) is 59.7 Å². The highest BCUT2D eigenvalue weighted by molar-refractivity contribution is 7.95. The van der Waals surface area contributed by atoms with E-state index in [-0.39, 0.29) is 117 Å². The SMILES string of the molecule is CCCS(=O)(=O)c1cc2c(cc1S(=O)(=O)CCC)-c1nc-2nc2[nH]c(nc3nc(nc4[nH]c(n1)c1cc(S(=O)(=O)CCC)c(S(=O)(=O)CCC)cc41)-c1cc(S(=O)(=O)CCC)c(S(=O)(=O)CCC)cc1-3)c1cc(-c3ccc(N(C)C)cc3)ccc21. The van der Waals surface area contributed by atoms with E-state index in [2.05, 4.69) is 9.97 Å². The summed E-state index contributed by atoms with van der Waals surface area (Å²) in [7, 11) is -22.1. The van der Waals surface area contributed by atoms with Gasteiger partial charge in [-0.15, -0.1) is 0 Å². The van der Waals surface area contributed by atoms with Crippen LogP contribution < -0.4 is 4.90 Å². The largest absolute Gasteiger partial charge is 0.378 e. The predicted octanol–water partition coefficient (Wildman–Crippen LogP) is 9.70. The van der Waals surface area contributed by atoms with Crippen molar-refractivity contribution in [2.24, 2.45) is 0 Å². The van der Waals surface area contributed by atoms with E-state index >= 15 is 0 Å². The van der Waals surface area contributed by atoms with Gasteiger partial charge in [-0.3, -0.25) is 0 Å². The van der Waals surface area contributed by atoms with Crippen molar-refractivity contribution in [3.63, 3.8) is 0 Å². The van der Waals surface area contributed by atoms with Gasteiger partial charge in [0.1, 0.15) is 22.6 Å². The monoisotopic (exact) mass is 1270 g/mol. The van der Waals surface area contributed by atoms with Crippen LogP contribution in [0.3, 0.4) is 0 Å². The summed E-state index contributed by atoms with van der Waals surface area (Å²) < 4.78 is 171. The minimum atomic E-state index is -4.35. The number of hydrogen-bond acceptors (Lipinski definition) is 19. The number of hydrogen-bond donors (Lipinski definition) is 2. The van der Waals surface area contributed by atoms with Crippen molar-refractivity contribution >= 4 is 109 Å². The fourth-order valence-electron chi connectivity index (χ4n) is 10.7. The number of aromatic nitrogens is 8. The van der Waals surface area contributed by atoms with Crippen molar-refractivity contribution in [1.82, 2.24) is 39.9 Å². The van der Waals surface area contributed by atoms with Crippen LogP contribution in [0, 0.1) is 0 Å². The topological polar surface area (TPSA) is 317 Å². The average Bonchev–Trinajstić information content (AvgIpc) is 1.75. The maximum atomic E-state index is 14.3. The van der Waals surface area contributed by atoms with Crippen molar-refractivity contribution in [3.8, 4) is 56.7 Å². The summed E-state index contributed by atoms with van der Waals surface area (Å²) in [6, 6.07) is 20.5. The molecular formula is C58H63N9O12S6. The van der Waals surface area contributed by atoms with Crippen LogP contribution in [-0.2, 0) is 59.0 Å². The van der Waals surface area contributed by atoms with Crippen molar-refractivity contribution < 1.29 is 50.5 Å². The summed E-state index contributed by atoms with van der Waals surface area (Å²) >= 11 is 0. The Hall–Kier alpha value is -7.04. The zero-order valence-corrected chi connectivity index (χ0v) is 52.9.